The maximum absolute atomic E-state index is 9.69. The minimum Gasteiger partial charge on any atom is -0.473 e. The van der Waals surface area contributed by atoms with Crippen LogP contribution in [0.2, 0.25) is 0 Å². The Morgan fingerprint density at radius 2 is 1.69 bits per heavy atom. The van der Waals surface area contributed by atoms with Gasteiger partial charge >= 0.3 is 11.9 Å². The van der Waals surface area contributed by atoms with Gasteiger partial charge < -0.3 is 14.7 Å². The standard InChI is InChI=1S/C8H11N.C3H4O4/c1-9(2)8-6-4-3-5-7-8;1-7-3(6)2(4)5/h3-7H,1-2H3;1H3,(H,4,5). The fraction of sp³-hybridized carbons (Fsp3) is 0.273. The molecule has 1 aromatic carbocycles. The second-order valence-corrected chi connectivity index (χ2v) is 3.03. The molecule has 0 aliphatic heterocycles. The number of carbonyl (C=O) groups is 2. The number of hydrogen-bond acceptors (Lipinski definition) is 4. The van der Waals surface area contributed by atoms with Crippen molar-refractivity contribution < 1.29 is 19.4 Å². The van der Waals surface area contributed by atoms with Gasteiger partial charge in [-0.25, -0.2) is 9.59 Å². The number of carboxylic acids is 1. The number of para-hydroxylation sites is 1. The number of rotatable bonds is 1. The summed E-state index contributed by atoms with van der Waals surface area (Å²) >= 11 is 0. The van der Waals surface area contributed by atoms with E-state index in [-0.39, 0.29) is 0 Å². The highest BCUT2D eigenvalue weighted by atomic mass is 16.5. The molecule has 0 spiro atoms. The molecule has 0 bridgehead atoms. The van der Waals surface area contributed by atoms with Gasteiger partial charge in [0.15, 0.2) is 0 Å². The molecule has 16 heavy (non-hydrogen) atoms. The van der Waals surface area contributed by atoms with Crippen LogP contribution in [0.3, 0.4) is 0 Å². The molecule has 0 aliphatic carbocycles. The molecule has 0 unspecified atom stereocenters. The summed E-state index contributed by atoms with van der Waals surface area (Å²) in [7, 11) is 5.08. The number of ether oxygens (including phenoxy) is 1. The van der Waals surface area contributed by atoms with Crippen LogP contribution in [-0.2, 0) is 14.3 Å². The average molecular weight is 225 g/mol. The zero-order valence-electron chi connectivity index (χ0n) is 9.51. The van der Waals surface area contributed by atoms with E-state index in [4.69, 9.17) is 5.11 Å². The summed E-state index contributed by atoms with van der Waals surface area (Å²) in [6, 6.07) is 10.3. The van der Waals surface area contributed by atoms with Gasteiger partial charge in [-0.3, -0.25) is 0 Å². The number of carbonyl (C=O) groups excluding carboxylic acids is 1. The van der Waals surface area contributed by atoms with Gasteiger partial charge in [0.25, 0.3) is 0 Å². The van der Waals surface area contributed by atoms with Crippen molar-refractivity contribution in [3.63, 3.8) is 0 Å². The predicted octanol–water partition coefficient (Wildman–Crippen LogP) is 0.997. The molecular weight excluding hydrogens is 210 g/mol. The van der Waals surface area contributed by atoms with Gasteiger partial charge in [-0.2, -0.15) is 0 Å². The first-order valence-electron chi connectivity index (χ1n) is 4.52. The maximum atomic E-state index is 9.69. The summed E-state index contributed by atoms with van der Waals surface area (Å²) in [6.07, 6.45) is 0. The molecule has 0 radical (unpaired) electrons. The van der Waals surface area contributed by atoms with E-state index in [1.807, 2.05) is 32.3 Å². The topological polar surface area (TPSA) is 66.8 Å². The van der Waals surface area contributed by atoms with Crippen LogP contribution in [0, 0.1) is 0 Å². The maximum Gasteiger partial charge on any atom is 0.417 e. The van der Waals surface area contributed by atoms with Crippen molar-refractivity contribution >= 4 is 17.6 Å². The Hall–Kier alpha value is -2.04. The summed E-state index contributed by atoms with van der Waals surface area (Å²) in [5.41, 5.74) is 1.25. The molecular formula is C11H15NO4. The van der Waals surface area contributed by atoms with Crippen molar-refractivity contribution in [2.45, 2.75) is 0 Å². The average Bonchev–Trinajstić information content (AvgIpc) is 2.29. The third-order valence-corrected chi connectivity index (χ3v) is 1.63. The number of carboxylic acid groups (broad SMARTS) is 1. The number of anilines is 1. The van der Waals surface area contributed by atoms with E-state index < -0.39 is 11.9 Å². The van der Waals surface area contributed by atoms with Gasteiger partial charge in [0.05, 0.1) is 7.11 Å². The van der Waals surface area contributed by atoms with Crippen molar-refractivity contribution in [1.82, 2.24) is 0 Å². The Labute approximate surface area is 94.3 Å². The monoisotopic (exact) mass is 225 g/mol. The van der Waals surface area contributed by atoms with Gasteiger partial charge in [0.1, 0.15) is 0 Å². The molecule has 1 rings (SSSR count). The Bertz CT molecular complexity index is 335. The van der Waals surface area contributed by atoms with Crippen LogP contribution in [0.25, 0.3) is 0 Å². The van der Waals surface area contributed by atoms with Crippen LogP contribution in [0.5, 0.6) is 0 Å². The predicted molar refractivity (Wildman–Crippen MR) is 60.4 cm³/mol. The summed E-state index contributed by atoms with van der Waals surface area (Å²) in [4.78, 5) is 21.2. The second-order valence-electron chi connectivity index (χ2n) is 3.03. The lowest BCUT2D eigenvalue weighted by Crippen LogP contribution is -2.13. The van der Waals surface area contributed by atoms with Crippen LogP contribution in [0.4, 0.5) is 5.69 Å². The number of hydrogen-bond donors (Lipinski definition) is 1. The first-order chi connectivity index (χ1) is 7.49. The normalized spacial score (nSPS) is 8.44. The molecule has 5 heteroatoms. The third kappa shape index (κ3) is 5.64. The van der Waals surface area contributed by atoms with E-state index in [0.717, 1.165) is 7.11 Å². The molecule has 5 nitrogen and oxygen atoms in total. The highest BCUT2D eigenvalue weighted by molar-refractivity contribution is 6.28. The lowest BCUT2D eigenvalue weighted by Gasteiger charge is -2.10. The highest BCUT2D eigenvalue weighted by Gasteiger charge is 2.08. The quantitative estimate of drug-likeness (QED) is 0.570. The molecule has 1 aromatic rings. The number of esters is 1. The summed E-state index contributed by atoms with van der Waals surface area (Å²) in [6.45, 7) is 0. The lowest BCUT2D eigenvalue weighted by atomic mass is 10.3. The number of methoxy groups -OCH3 is 1. The summed E-state index contributed by atoms with van der Waals surface area (Å²) < 4.78 is 3.77. The number of aliphatic carboxylic acids is 1. The van der Waals surface area contributed by atoms with Crippen molar-refractivity contribution in [3.8, 4) is 0 Å². The fourth-order valence-electron chi connectivity index (χ4n) is 0.813. The summed E-state index contributed by atoms with van der Waals surface area (Å²) in [5, 5.41) is 7.71. The molecule has 0 saturated heterocycles. The number of nitrogens with zero attached hydrogens (tertiary/aromatic N) is 1. The number of benzene rings is 1. The van der Waals surface area contributed by atoms with Crippen molar-refractivity contribution in [2.75, 3.05) is 26.1 Å². The second kappa shape index (κ2) is 7.28. The van der Waals surface area contributed by atoms with E-state index in [1.54, 1.807) is 0 Å². The molecule has 88 valence electrons. The van der Waals surface area contributed by atoms with Crippen LogP contribution < -0.4 is 4.90 Å². The highest BCUT2D eigenvalue weighted by Crippen LogP contribution is 2.07. The SMILES string of the molecule is CN(C)c1ccccc1.COC(=O)C(=O)O. The van der Waals surface area contributed by atoms with Crippen LogP contribution in [0.15, 0.2) is 30.3 Å². The van der Waals surface area contributed by atoms with Crippen molar-refractivity contribution in [3.05, 3.63) is 30.3 Å². The largest absolute Gasteiger partial charge is 0.473 e. The van der Waals surface area contributed by atoms with Crippen LogP contribution in [0.1, 0.15) is 0 Å². The van der Waals surface area contributed by atoms with E-state index in [1.165, 1.54) is 5.69 Å². The van der Waals surface area contributed by atoms with Crippen LogP contribution in [-0.4, -0.2) is 38.3 Å². The zero-order valence-corrected chi connectivity index (χ0v) is 9.51. The van der Waals surface area contributed by atoms with E-state index in [2.05, 4.69) is 21.8 Å². The molecule has 0 amide bonds. The molecule has 0 saturated carbocycles. The molecule has 0 aliphatic rings. The molecule has 0 aromatic heterocycles. The van der Waals surface area contributed by atoms with Gasteiger partial charge in [0, 0.05) is 19.8 Å². The van der Waals surface area contributed by atoms with E-state index >= 15 is 0 Å². The summed E-state index contributed by atoms with van der Waals surface area (Å²) in [5.74, 6) is -2.80. The first kappa shape index (κ1) is 14.0. The van der Waals surface area contributed by atoms with Gasteiger partial charge in [-0.15, -0.1) is 0 Å². The molecule has 0 atom stereocenters. The smallest absolute Gasteiger partial charge is 0.417 e. The Morgan fingerprint density at radius 3 is 1.88 bits per heavy atom. The Morgan fingerprint density at radius 1 is 1.19 bits per heavy atom. The van der Waals surface area contributed by atoms with Gasteiger partial charge in [-0.1, -0.05) is 18.2 Å². The minimum absolute atomic E-state index is 1.01. The molecule has 0 heterocycles. The van der Waals surface area contributed by atoms with E-state index in [9.17, 15) is 9.59 Å². The van der Waals surface area contributed by atoms with Crippen molar-refractivity contribution in [1.29, 1.82) is 0 Å². The van der Waals surface area contributed by atoms with E-state index in [0.29, 0.717) is 0 Å². The zero-order chi connectivity index (χ0) is 12.6. The molecule has 1 N–H and O–H groups in total. The first-order valence-corrected chi connectivity index (χ1v) is 4.52. The lowest BCUT2D eigenvalue weighted by molar-refractivity contribution is -0.161. The van der Waals surface area contributed by atoms with Crippen LogP contribution >= 0.6 is 0 Å². The molecule has 0 fully saturated rings. The Kier molecular flexibility index (Phi) is 6.35. The third-order valence-electron chi connectivity index (χ3n) is 1.63. The van der Waals surface area contributed by atoms with Crippen molar-refractivity contribution in [2.24, 2.45) is 0 Å². The Balaban J connectivity index is 0.000000293. The minimum atomic E-state index is -1.57. The fourth-order valence-corrected chi connectivity index (χ4v) is 0.813. The van der Waals surface area contributed by atoms with Gasteiger partial charge in [0.2, 0.25) is 0 Å². The van der Waals surface area contributed by atoms with Gasteiger partial charge in [-0.05, 0) is 12.1 Å².